The van der Waals surface area contributed by atoms with E-state index in [1.807, 2.05) is 0 Å². The molecule has 0 atom stereocenters. The molecule has 0 fully saturated rings. The van der Waals surface area contributed by atoms with E-state index in [1.54, 1.807) is 18.3 Å². The van der Waals surface area contributed by atoms with E-state index in [-0.39, 0.29) is 11.5 Å². The first-order valence-corrected chi connectivity index (χ1v) is 6.58. The molecule has 0 bridgehead atoms. The summed E-state index contributed by atoms with van der Waals surface area (Å²) in [5, 5.41) is 10.5. The Kier molecular flexibility index (Phi) is 3.73. The van der Waals surface area contributed by atoms with E-state index in [1.165, 1.54) is 42.2 Å². The van der Waals surface area contributed by atoms with Crippen molar-refractivity contribution in [2.45, 2.75) is 16.2 Å². The molecule has 2 rings (SSSR count). The first-order valence-electron chi connectivity index (χ1n) is 4.95. The van der Waals surface area contributed by atoms with Crippen molar-refractivity contribution in [2.24, 2.45) is 0 Å². The second-order valence-electron chi connectivity index (χ2n) is 3.40. The fraction of sp³-hybridized carbons (Fsp3) is 0.0909. The lowest BCUT2D eigenvalue weighted by Crippen LogP contribution is -1.86. The molecule has 0 aliphatic rings. The van der Waals surface area contributed by atoms with Crippen LogP contribution < -0.4 is 0 Å². The van der Waals surface area contributed by atoms with Gasteiger partial charge >= 0.3 is 0 Å². The molecule has 0 unspecified atom stereocenters. The summed E-state index contributed by atoms with van der Waals surface area (Å²) in [7, 11) is 0. The zero-order valence-corrected chi connectivity index (χ0v) is 11.0. The molecule has 0 aliphatic carbocycles. The van der Waals surface area contributed by atoms with Gasteiger partial charge in [0.2, 0.25) is 0 Å². The number of rotatable bonds is 4. The van der Waals surface area contributed by atoms with E-state index in [0.29, 0.717) is 4.88 Å². The van der Waals surface area contributed by atoms with Crippen molar-refractivity contribution in [3.63, 3.8) is 0 Å². The van der Waals surface area contributed by atoms with Crippen LogP contribution in [-0.2, 0) is 0 Å². The molecular formula is C11H8N2O3S2. The van der Waals surface area contributed by atoms with Crippen LogP contribution in [0.2, 0.25) is 0 Å². The Hall–Kier alpha value is -1.73. The average Bonchev–Trinajstić information content (AvgIpc) is 2.78. The normalized spacial score (nSPS) is 10.3. The number of carbonyl (C=O) groups is 1. The van der Waals surface area contributed by atoms with Crippen LogP contribution in [0.3, 0.4) is 0 Å². The van der Waals surface area contributed by atoms with Crippen molar-refractivity contribution in [2.75, 3.05) is 0 Å². The fourth-order valence-corrected chi connectivity index (χ4v) is 3.05. The van der Waals surface area contributed by atoms with Crippen LogP contribution in [0.5, 0.6) is 0 Å². The summed E-state index contributed by atoms with van der Waals surface area (Å²) in [5.41, 5.74) is 0.0583. The number of hydrogen-bond donors (Lipinski definition) is 0. The van der Waals surface area contributed by atoms with Gasteiger partial charge in [0, 0.05) is 24.0 Å². The van der Waals surface area contributed by atoms with Crippen LogP contribution in [0.25, 0.3) is 0 Å². The second kappa shape index (κ2) is 5.28. The standard InChI is InChI=1S/C11H8N2O3S2/c1-7(14)10-6-12-11(18-10)17-9-4-2-8(3-5-9)13(15)16/h2-6H,1H3. The number of hydrogen-bond acceptors (Lipinski definition) is 6. The van der Waals surface area contributed by atoms with E-state index in [2.05, 4.69) is 4.98 Å². The highest BCUT2D eigenvalue weighted by Crippen LogP contribution is 2.32. The number of carbonyl (C=O) groups excluding carboxylic acids is 1. The molecular weight excluding hydrogens is 272 g/mol. The summed E-state index contributed by atoms with van der Waals surface area (Å²) in [4.78, 5) is 26.8. The number of nitrogens with zero attached hydrogens (tertiary/aromatic N) is 2. The van der Waals surface area contributed by atoms with Gasteiger partial charge in [-0.2, -0.15) is 0 Å². The molecule has 7 heteroatoms. The van der Waals surface area contributed by atoms with E-state index >= 15 is 0 Å². The summed E-state index contributed by atoms with van der Waals surface area (Å²) in [5.74, 6) is -0.0111. The topological polar surface area (TPSA) is 73.1 Å². The molecule has 2 aromatic rings. The van der Waals surface area contributed by atoms with Crippen LogP contribution in [-0.4, -0.2) is 15.7 Å². The molecule has 92 valence electrons. The molecule has 0 spiro atoms. The van der Waals surface area contributed by atoms with Crippen LogP contribution in [0.1, 0.15) is 16.6 Å². The van der Waals surface area contributed by atoms with Gasteiger partial charge in [-0.05, 0) is 12.1 Å². The van der Waals surface area contributed by atoms with Crippen molar-refractivity contribution in [1.82, 2.24) is 4.98 Å². The number of nitro benzene ring substituents is 1. The Morgan fingerprint density at radius 3 is 2.56 bits per heavy atom. The van der Waals surface area contributed by atoms with Crippen molar-refractivity contribution in [3.05, 3.63) is 45.5 Å². The van der Waals surface area contributed by atoms with Crippen molar-refractivity contribution in [1.29, 1.82) is 0 Å². The van der Waals surface area contributed by atoms with E-state index in [4.69, 9.17) is 0 Å². The van der Waals surface area contributed by atoms with Gasteiger partial charge in [-0.1, -0.05) is 11.8 Å². The van der Waals surface area contributed by atoms with Crippen molar-refractivity contribution in [3.8, 4) is 0 Å². The zero-order chi connectivity index (χ0) is 13.1. The molecule has 1 heterocycles. The maximum absolute atomic E-state index is 11.1. The van der Waals surface area contributed by atoms with Crippen molar-refractivity contribution < 1.29 is 9.72 Å². The number of ketones is 1. The smallest absolute Gasteiger partial charge is 0.269 e. The zero-order valence-electron chi connectivity index (χ0n) is 9.32. The van der Waals surface area contributed by atoms with Crippen LogP contribution in [0.4, 0.5) is 5.69 Å². The Morgan fingerprint density at radius 2 is 2.06 bits per heavy atom. The van der Waals surface area contributed by atoms with Crippen LogP contribution in [0, 0.1) is 10.1 Å². The maximum Gasteiger partial charge on any atom is 0.269 e. The minimum Gasteiger partial charge on any atom is -0.294 e. The summed E-state index contributed by atoms with van der Waals surface area (Å²) in [6, 6.07) is 6.22. The molecule has 1 aromatic carbocycles. The van der Waals surface area contributed by atoms with Crippen LogP contribution in [0.15, 0.2) is 39.7 Å². The lowest BCUT2D eigenvalue weighted by molar-refractivity contribution is -0.384. The van der Waals surface area contributed by atoms with Gasteiger partial charge in [-0.3, -0.25) is 14.9 Å². The second-order valence-corrected chi connectivity index (χ2v) is 5.75. The minimum atomic E-state index is -0.439. The summed E-state index contributed by atoms with van der Waals surface area (Å²) in [6.45, 7) is 1.49. The van der Waals surface area contributed by atoms with Gasteiger partial charge in [0.05, 0.1) is 16.0 Å². The number of aromatic nitrogens is 1. The number of non-ortho nitro benzene ring substituents is 1. The Morgan fingerprint density at radius 1 is 1.39 bits per heavy atom. The predicted octanol–water partition coefficient (Wildman–Crippen LogP) is 3.41. The van der Waals surface area contributed by atoms with Gasteiger partial charge in [0.25, 0.3) is 5.69 Å². The van der Waals surface area contributed by atoms with Gasteiger partial charge in [-0.25, -0.2) is 4.98 Å². The van der Waals surface area contributed by atoms with E-state index in [0.717, 1.165) is 9.24 Å². The Bertz CT molecular complexity index is 593. The van der Waals surface area contributed by atoms with E-state index in [9.17, 15) is 14.9 Å². The number of nitro groups is 1. The minimum absolute atomic E-state index is 0.0111. The first kappa shape index (κ1) is 12.7. The van der Waals surface area contributed by atoms with Gasteiger partial charge in [0.15, 0.2) is 10.1 Å². The van der Waals surface area contributed by atoms with Gasteiger partial charge < -0.3 is 0 Å². The molecule has 18 heavy (non-hydrogen) atoms. The van der Waals surface area contributed by atoms with Gasteiger partial charge in [-0.15, -0.1) is 11.3 Å². The van der Waals surface area contributed by atoms with Gasteiger partial charge in [0.1, 0.15) is 0 Å². The highest BCUT2D eigenvalue weighted by Gasteiger charge is 2.09. The summed E-state index contributed by atoms with van der Waals surface area (Å²) < 4.78 is 0.744. The molecule has 0 amide bonds. The molecule has 1 aromatic heterocycles. The highest BCUT2D eigenvalue weighted by molar-refractivity contribution is 8.01. The SMILES string of the molecule is CC(=O)c1cnc(Sc2ccc([N+](=O)[O-])cc2)s1. The fourth-order valence-electron chi connectivity index (χ4n) is 1.20. The molecule has 0 saturated heterocycles. The summed E-state index contributed by atoms with van der Waals surface area (Å²) >= 11 is 2.69. The number of benzene rings is 1. The largest absolute Gasteiger partial charge is 0.294 e. The Balaban J connectivity index is 2.13. The third-order valence-corrected chi connectivity index (χ3v) is 4.26. The Labute approximate surface area is 111 Å². The lowest BCUT2D eigenvalue weighted by atomic mass is 10.3. The summed E-state index contributed by atoms with van der Waals surface area (Å²) in [6.07, 6.45) is 1.54. The third-order valence-electron chi connectivity index (χ3n) is 2.08. The third kappa shape index (κ3) is 2.93. The molecule has 0 saturated carbocycles. The average molecular weight is 280 g/mol. The molecule has 0 radical (unpaired) electrons. The van der Waals surface area contributed by atoms with Crippen molar-refractivity contribution >= 4 is 34.6 Å². The van der Waals surface area contributed by atoms with E-state index < -0.39 is 4.92 Å². The number of Topliss-reactive ketones (excluding diaryl/α,β-unsaturated/α-hetero) is 1. The predicted molar refractivity (Wildman–Crippen MR) is 69.3 cm³/mol. The van der Waals surface area contributed by atoms with Crippen LogP contribution >= 0.6 is 23.1 Å². The number of thiazole rings is 1. The highest BCUT2D eigenvalue weighted by atomic mass is 32.2. The monoisotopic (exact) mass is 280 g/mol. The first-order chi connectivity index (χ1) is 8.56. The maximum atomic E-state index is 11.1. The molecule has 0 N–H and O–H groups in total. The quantitative estimate of drug-likeness (QED) is 0.487. The molecule has 0 aliphatic heterocycles. The lowest BCUT2D eigenvalue weighted by Gasteiger charge is -1.96. The molecule has 5 nitrogen and oxygen atoms in total.